The van der Waals surface area contributed by atoms with Gasteiger partial charge in [0.1, 0.15) is 13.6 Å². The maximum Gasteiger partial charge on any atom is 1.00 e. The molecule has 0 spiro atoms. The van der Waals surface area contributed by atoms with E-state index in [4.69, 9.17) is 4.79 Å². The first-order valence-electron chi connectivity index (χ1n) is 1.68. The molecular formula is C4H10ClNaO3. The van der Waals surface area contributed by atoms with Crippen molar-refractivity contribution in [1.29, 1.82) is 0 Å². The minimum Gasteiger partial charge on any atom is -1.00 e. The van der Waals surface area contributed by atoms with Crippen molar-refractivity contribution in [3.8, 4) is 0 Å². The molecule has 0 atom stereocenters. The van der Waals surface area contributed by atoms with Crippen LogP contribution in [0.1, 0.15) is 0 Å². The van der Waals surface area contributed by atoms with Crippen LogP contribution in [-0.4, -0.2) is 27.8 Å². The standard InChI is InChI=1S/C3H8O2.CH2O.ClH.Na/c1-4-3-5-2;1-2;;/h3H2,1-2H3;1H2;1H;/q;;;+1/p-1. The van der Waals surface area contributed by atoms with Gasteiger partial charge in [-0.1, -0.05) is 0 Å². The molecule has 0 aromatic carbocycles. The SMILES string of the molecule is C=O.COCOC.[Cl-].[Na+]. The van der Waals surface area contributed by atoms with Gasteiger partial charge in [-0.2, -0.15) is 0 Å². The molecule has 9 heavy (non-hydrogen) atoms. The van der Waals surface area contributed by atoms with E-state index >= 15 is 0 Å². The van der Waals surface area contributed by atoms with Crippen LogP contribution < -0.4 is 42.0 Å². The Morgan fingerprint density at radius 3 is 1.44 bits per heavy atom. The van der Waals surface area contributed by atoms with E-state index in [-0.39, 0.29) is 42.0 Å². The summed E-state index contributed by atoms with van der Waals surface area (Å²) in [4.78, 5) is 8.00. The number of hydrogen-bond donors (Lipinski definition) is 0. The second-order valence-electron chi connectivity index (χ2n) is 0.695. The molecule has 0 aliphatic heterocycles. The maximum atomic E-state index is 8.00. The van der Waals surface area contributed by atoms with Crippen LogP contribution in [0.2, 0.25) is 0 Å². The Balaban J connectivity index is -0.0000000286. The fourth-order valence-electron chi connectivity index (χ4n) is 0.118. The van der Waals surface area contributed by atoms with Crippen molar-refractivity contribution in [3.63, 3.8) is 0 Å². The van der Waals surface area contributed by atoms with Gasteiger partial charge in [-0.25, -0.2) is 0 Å². The molecule has 52 valence electrons. The number of rotatable bonds is 2. The van der Waals surface area contributed by atoms with Crippen LogP contribution in [0, 0.1) is 0 Å². The van der Waals surface area contributed by atoms with Gasteiger partial charge in [0.05, 0.1) is 0 Å². The van der Waals surface area contributed by atoms with Gasteiger partial charge in [0.2, 0.25) is 0 Å². The Morgan fingerprint density at radius 2 is 1.44 bits per heavy atom. The molecule has 0 aliphatic carbocycles. The predicted molar refractivity (Wildman–Crippen MR) is 26.0 cm³/mol. The molecule has 0 radical (unpaired) electrons. The predicted octanol–water partition coefficient (Wildman–Crippen LogP) is -5.94. The number of carbonyl (C=O) groups excluding carboxylic acids is 1. The summed E-state index contributed by atoms with van der Waals surface area (Å²) in [7, 11) is 3.17. The molecule has 0 saturated carbocycles. The van der Waals surface area contributed by atoms with Crippen LogP contribution in [0.15, 0.2) is 0 Å². The first kappa shape index (κ1) is 22.5. The third-order valence-electron chi connectivity index (χ3n) is 0.236. The van der Waals surface area contributed by atoms with Gasteiger partial charge >= 0.3 is 29.6 Å². The van der Waals surface area contributed by atoms with Crippen LogP contribution in [-0.2, 0) is 14.3 Å². The Bertz CT molecular complexity index is 29.8. The Labute approximate surface area is 83.8 Å². The van der Waals surface area contributed by atoms with Crippen LogP contribution >= 0.6 is 0 Å². The molecule has 0 aromatic rings. The first-order valence-corrected chi connectivity index (χ1v) is 1.68. The van der Waals surface area contributed by atoms with Crippen LogP contribution in [0.5, 0.6) is 0 Å². The van der Waals surface area contributed by atoms with Crippen molar-refractivity contribution >= 4 is 6.79 Å². The van der Waals surface area contributed by atoms with Gasteiger partial charge in [-0.15, -0.1) is 0 Å². The zero-order valence-corrected chi connectivity index (χ0v) is 8.77. The van der Waals surface area contributed by atoms with Crippen molar-refractivity contribution in [2.45, 2.75) is 0 Å². The molecule has 0 rings (SSSR count). The van der Waals surface area contributed by atoms with Crippen molar-refractivity contribution in [1.82, 2.24) is 0 Å². The third kappa shape index (κ3) is 50.7. The van der Waals surface area contributed by atoms with Gasteiger partial charge in [-0.05, 0) is 0 Å². The monoisotopic (exact) mass is 164 g/mol. The van der Waals surface area contributed by atoms with Crippen molar-refractivity contribution < 1.29 is 56.2 Å². The Morgan fingerprint density at radius 1 is 1.22 bits per heavy atom. The summed E-state index contributed by atoms with van der Waals surface area (Å²) in [5, 5.41) is 0. The third-order valence-corrected chi connectivity index (χ3v) is 0.236. The van der Waals surface area contributed by atoms with Crippen molar-refractivity contribution in [2.75, 3.05) is 21.0 Å². The average molecular weight is 165 g/mol. The quantitative estimate of drug-likeness (QED) is 0.301. The van der Waals surface area contributed by atoms with E-state index in [1.807, 2.05) is 6.79 Å². The molecule has 0 aliphatic rings. The second-order valence-corrected chi connectivity index (χ2v) is 0.695. The summed E-state index contributed by atoms with van der Waals surface area (Å²) in [5.74, 6) is 0. The second kappa shape index (κ2) is 36.6. The number of methoxy groups -OCH3 is 2. The smallest absolute Gasteiger partial charge is 1.00 e. The van der Waals surface area contributed by atoms with Gasteiger partial charge in [0.15, 0.2) is 0 Å². The molecule has 0 aromatic heterocycles. The fourth-order valence-corrected chi connectivity index (χ4v) is 0.118. The summed E-state index contributed by atoms with van der Waals surface area (Å²) < 4.78 is 8.94. The van der Waals surface area contributed by atoms with E-state index in [0.29, 0.717) is 6.79 Å². The minimum absolute atomic E-state index is 0. The number of ether oxygens (including phenoxy) is 2. The molecular weight excluding hydrogens is 154 g/mol. The van der Waals surface area contributed by atoms with Crippen LogP contribution in [0.3, 0.4) is 0 Å². The zero-order valence-electron chi connectivity index (χ0n) is 6.02. The summed E-state index contributed by atoms with van der Waals surface area (Å²) >= 11 is 0. The summed E-state index contributed by atoms with van der Waals surface area (Å²) in [6, 6.07) is 0. The normalized spacial score (nSPS) is 5.11. The number of halogens is 1. The average Bonchev–Trinajstić information content (AvgIpc) is 1.75. The Hall–Kier alpha value is 0.880. The topological polar surface area (TPSA) is 35.5 Å². The number of carbonyl (C=O) groups is 1. The summed E-state index contributed by atoms with van der Waals surface area (Å²) in [5.41, 5.74) is 0. The molecule has 5 heteroatoms. The van der Waals surface area contributed by atoms with E-state index < -0.39 is 0 Å². The molecule has 0 heterocycles. The van der Waals surface area contributed by atoms with E-state index in [9.17, 15) is 0 Å². The summed E-state index contributed by atoms with van der Waals surface area (Å²) in [6.07, 6.45) is 0. The molecule has 0 unspecified atom stereocenters. The van der Waals surface area contributed by atoms with E-state index in [2.05, 4.69) is 9.47 Å². The summed E-state index contributed by atoms with van der Waals surface area (Å²) in [6.45, 7) is 2.39. The molecule has 0 amide bonds. The van der Waals surface area contributed by atoms with Gasteiger partial charge < -0.3 is 26.7 Å². The van der Waals surface area contributed by atoms with Crippen molar-refractivity contribution in [3.05, 3.63) is 0 Å². The Kier molecular flexibility index (Phi) is 91.7. The van der Waals surface area contributed by atoms with Gasteiger partial charge in [0, 0.05) is 14.2 Å². The molecule has 0 fully saturated rings. The molecule has 3 nitrogen and oxygen atoms in total. The van der Waals surface area contributed by atoms with E-state index in [0.717, 1.165) is 0 Å². The van der Waals surface area contributed by atoms with E-state index in [1.165, 1.54) is 0 Å². The zero-order chi connectivity index (χ0) is 6.12. The van der Waals surface area contributed by atoms with Gasteiger partial charge in [0.25, 0.3) is 0 Å². The largest absolute Gasteiger partial charge is 1.00 e. The number of hydrogen-bond acceptors (Lipinski definition) is 3. The van der Waals surface area contributed by atoms with Crippen LogP contribution in [0.25, 0.3) is 0 Å². The van der Waals surface area contributed by atoms with Gasteiger partial charge in [-0.3, -0.25) is 0 Å². The van der Waals surface area contributed by atoms with Crippen LogP contribution in [0.4, 0.5) is 0 Å². The van der Waals surface area contributed by atoms with Crippen molar-refractivity contribution in [2.24, 2.45) is 0 Å². The first-order chi connectivity index (χ1) is 3.41. The maximum absolute atomic E-state index is 8.00. The van der Waals surface area contributed by atoms with E-state index in [1.54, 1.807) is 14.2 Å². The molecule has 0 bridgehead atoms. The minimum atomic E-state index is 0. The molecule has 0 saturated heterocycles. The fraction of sp³-hybridized carbons (Fsp3) is 0.750. The molecule has 0 N–H and O–H groups in total.